The molecule has 3 aromatic rings. The van der Waals surface area contributed by atoms with Gasteiger partial charge in [-0.2, -0.15) is 8.78 Å². The Hall–Kier alpha value is -2.57. The molecule has 1 atom stereocenters. The van der Waals surface area contributed by atoms with Crippen LogP contribution in [0.1, 0.15) is 28.7 Å². The molecule has 0 fully saturated rings. The molecule has 1 heterocycles. The minimum absolute atomic E-state index is 0.0629. The Morgan fingerprint density at radius 1 is 1.00 bits per heavy atom. The molecule has 30 heavy (non-hydrogen) atoms. The average Bonchev–Trinajstić information content (AvgIpc) is 2.98. The molecule has 0 radical (unpaired) electrons. The van der Waals surface area contributed by atoms with Gasteiger partial charge in [-0.1, -0.05) is 23.2 Å². The molecule has 0 bridgehead atoms. The highest BCUT2D eigenvalue weighted by Crippen LogP contribution is 2.30. The van der Waals surface area contributed by atoms with E-state index in [0.29, 0.717) is 27.1 Å². The van der Waals surface area contributed by atoms with Gasteiger partial charge in [0, 0.05) is 33.7 Å². The standard InChI is InChI=1S/C22H19Cl2F2NO3/c1-12-10-18(21(28)14(3)29-20-11-15(23)4-9-19(20)24)13(2)27(12)16-5-7-17(8-6-16)30-22(25)26/h4-11,14,22H,1-3H3/t14-/m0/s1. The van der Waals surface area contributed by atoms with E-state index in [1.807, 2.05) is 18.4 Å². The Labute approximate surface area is 182 Å². The van der Waals surface area contributed by atoms with Gasteiger partial charge in [0.2, 0.25) is 5.78 Å². The molecule has 158 valence electrons. The summed E-state index contributed by atoms with van der Waals surface area (Å²) in [6.07, 6.45) is -0.795. The van der Waals surface area contributed by atoms with Crippen LogP contribution in [0.15, 0.2) is 48.5 Å². The second-order valence-corrected chi connectivity index (χ2v) is 7.54. The van der Waals surface area contributed by atoms with Gasteiger partial charge in [0.05, 0.1) is 5.02 Å². The van der Waals surface area contributed by atoms with Gasteiger partial charge >= 0.3 is 6.61 Å². The van der Waals surface area contributed by atoms with Crippen LogP contribution in [0.5, 0.6) is 11.5 Å². The number of hydrogen-bond donors (Lipinski definition) is 0. The van der Waals surface area contributed by atoms with E-state index in [1.165, 1.54) is 12.1 Å². The van der Waals surface area contributed by atoms with Crippen LogP contribution < -0.4 is 9.47 Å². The molecule has 0 spiro atoms. The van der Waals surface area contributed by atoms with Gasteiger partial charge < -0.3 is 14.0 Å². The number of nitrogens with zero attached hydrogens (tertiary/aromatic N) is 1. The number of ether oxygens (including phenoxy) is 2. The molecule has 0 amide bonds. The van der Waals surface area contributed by atoms with Crippen molar-refractivity contribution in [1.29, 1.82) is 0 Å². The SMILES string of the molecule is Cc1cc(C(=O)[C@H](C)Oc2cc(Cl)ccc2Cl)c(C)n1-c1ccc(OC(F)F)cc1. The fourth-order valence-electron chi connectivity index (χ4n) is 3.22. The number of rotatable bonds is 7. The number of benzene rings is 2. The Morgan fingerprint density at radius 2 is 1.67 bits per heavy atom. The van der Waals surface area contributed by atoms with E-state index in [4.69, 9.17) is 27.9 Å². The summed E-state index contributed by atoms with van der Waals surface area (Å²) in [5.74, 6) is 0.171. The monoisotopic (exact) mass is 453 g/mol. The average molecular weight is 454 g/mol. The summed E-state index contributed by atoms with van der Waals surface area (Å²) in [7, 11) is 0. The molecule has 0 saturated heterocycles. The maximum Gasteiger partial charge on any atom is 0.387 e. The minimum Gasteiger partial charge on any atom is -0.481 e. The van der Waals surface area contributed by atoms with Crippen molar-refractivity contribution in [3.05, 3.63) is 75.5 Å². The molecule has 0 aliphatic heterocycles. The maximum atomic E-state index is 13.0. The Kier molecular flexibility index (Phi) is 6.68. The number of ketones is 1. The lowest BCUT2D eigenvalue weighted by atomic mass is 10.1. The second kappa shape index (κ2) is 9.06. The molecule has 1 aromatic heterocycles. The lowest BCUT2D eigenvalue weighted by Gasteiger charge is -2.15. The van der Waals surface area contributed by atoms with E-state index in [0.717, 1.165) is 11.4 Å². The molecule has 8 heteroatoms. The minimum atomic E-state index is -2.88. The van der Waals surface area contributed by atoms with Crippen LogP contribution in [-0.2, 0) is 0 Å². The lowest BCUT2D eigenvalue weighted by Crippen LogP contribution is -2.24. The third-order valence-corrected chi connectivity index (χ3v) is 5.13. The molecule has 4 nitrogen and oxygen atoms in total. The van der Waals surface area contributed by atoms with Crippen LogP contribution in [0, 0.1) is 13.8 Å². The third kappa shape index (κ3) is 4.77. The van der Waals surface area contributed by atoms with Crippen molar-refractivity contribution >= 4 is 29.0 Å². The second-order valence-electron chi connectivity index (χ2n) is 6.69. The first kappa shape index (κ1) is 22.1. The fourth-order valence-corrected chi connectivity index (χ4v) is 3.54. The number of halogens is 4. The van der Waals surface area contributed by atoms with Crippen LogP contribution in [0.4, 0.5) is 8.78 Å². The van der Waals surface area contributed by atoms with E-state index in [-0.39, 0.29) is 11.5 Å². The predicted molar refractivity (Wildman–Crippen MR) is 113 cm³/mol. The first-order valence-corrected chi connectivity index (χ1v) is 9.83. The van der Waals surface area contributed by atoms with Gasteiger partial charge in [0.25, 0.3) is 0 Å². The number of alkyl halides is 2. The van der Waals surface area contributed by atoms with Gasteiger partial charge in [-0.25, -0.2) is 0 Å². The molecule has 3 rings (SSSR count). The summed E-state index contributed by atoms with van der Waals surface area (Å²) in [6, 6.07) is 12.8. The number of Topliss-reactive ketones (excluding diaryl/α,β-unsaturated/α-hetero) is 1. The highest BCUT2D eigenvalue weighted by molar-refractivity contribution is 6.34. The topological polar surface area (TPSA) is 40.5 Å². The van der Waals surface area contributed by atoms with E-state index >= 15 is 0 Å². The van der Waals surface area contributed by atoms with Crippen molar-refractivity contribution in [3.63, 3.8) is 0 Å². The molecule has 2 aromatic carbocycles. The van der Waals surface area contributed by atoms with Crippen molar-refractivity contribution in [3.8, 4) is 17.2 Å². The summed E-state index contributed by atoms with van der Waals surface area (Å²) in [5, 5.41) is 0.808. The van der Waals surface area contributed by atoms with E-state index in [2.05, 4.69) is 4.74 Å². The lowest BCUT2D eigenvalue weighted by molar-refractivity contribution is -0.0498. The van der Waals surface area contributed by atoms with Gasteiger partial charge in [-0.3, -0.25) is 4.79 Å². The summed E-state index contributed by atoms with van der Waals surface area (Å²) < 4.78 is 36.7. The van der Waals surface area contributed by atoms with E-state index in [9.17, 15) is 13.6 Å². The number of carbonyl (C=O) groups excluding carboxylic acids is 1. The Bertz CT molecular complexity index is 1060. The maximum absolute atomic E-state index is 13.0. The van der Waals surface area contributed by atoms with Crippen molar-refractivity contribution in [2.75, 3.05) is 0 Å². The number of aryl methyl sites for hydroxylation is 1. The molecular weight excluding hydrogens is 435 g/mol. The van der Waals surface area contributed by atoms with Crippen LogP contribution in [0.2, 0.25) is 10.0 Å². The molecule has 0 aliphatic carbocycles. The van der Waals surface area contributed by atoms with Crippen LogP contribution in [0.3, 0.4) is 0 Å². The van der Waals surface area contributed by atoms with Gasteiger partial charge in [-0.15, -0.1) is 0 Å². The zero-order valence-corrected chi connectivity index (χ0v) is 18.0. The fraction of sp³-hybridized carbons (Fsp3) is 0.227. The quantitative estimate of drug-likeness (QED) is 0.375. The number of carbonyl (C=O) groups is 1. The molecule has 0 N–H and O–H groups in total. The Morgan fingerprint density at radius 3 is 2.30 bits per heavy atom. The summed E-state index contributed by atoms with van der Waals surface area (Å²) in [5.41, 5.74) is 2.72. The van der Waals surface area contributed by atoms with E-state index in [1.54, 1.807) is 43.3 Å². The highest BCUT2D eigenvalue weighted by atomic mass is 35.5. The first-order valence-electron chi connectivity index (χ1n) is 9.07. The van der Waals surface area contributed by atoms with Gasteiger partial charge in [0.15, 0.2) is 6.10 Å². The van der Waals surface area contributed by atoms with Gasteiger partial charge in [-0.05, 0) is 63.2 Å². The number of aromatic nitrogens is 1. The molecular formula is C22H19Cl2F2NO3. The summed E-state index contributed by atoms with van der Waals surface area (Å²) in [4.78, 5) is 13.0. The van der Waals surface area contributed by atoms with Gasteiger partial charge in [0.1, 0.15) is 11.5 Å². The van der Waals surface area contributed by atoms with E-state index < -0.39 is 12.7 Å². The largest absolute Gasteiger partial charge is 0.481 e. The van der Waals surface area contributed by atoms with Crippen molar-refractivity contribution in [2.24, 2.45) is 0 Å². The normalized spacial score (nSPS) is 12.1. The van der Waals surface area contributed by atoms with Crippen LogP contribution in [-0.4, -0.2) is 23.1 Å². The molecule has 0 aliphatic rings. The first-order chi connectivity index (χ1) is 14.2. The zero-order chi connectivity index (χ0) is 22.0. The smallest absolute Gasteiger partial charge is 0.387 e. The summed E-state index contributed by atoms with van der Waals surface area (Å²) in [6.45, 7) is 2.42. The molecule has 0 saturated carbocycles. The predicted octanol–water partition coefficient (Wildman–Crippen LogP) is 6.65. The third-order valence-electron chi connectivity index (χ3n) is 4.58. The summed E-state index contributed by atoms with van der Waals surface area (Å²) >= 11 is 12.1. The zero-order valence-electron chi connectivity index (χ0n) is 16.5. The van der Waals surface area contributed by atoms with Crippen LogP contribution >= 0.6 is 23.2 Å². The molecule has 0 unspecified atom stereocenters. The van der Waals surface area contributed by atoms with Crippen molar-refractivity contribution < 1.29 is 23.0 Å². The Balaban J connectivity index is 1.85. The van der Waals surface area contributed by atoms with Crippen molar-refractivity contribution in [1.82, 2.24) is 4.57 Å². The highest BCUT2D eigenvalue weighted by Gasteiger charge is 2.23. The van der Waals surface area contributed by atoms with Crippen molar-refractivity contribution in [2.45, 2.75) is 33.5 Å². The number of hydrogen-bond acceptors (Lipinski definition) is 3. The van der Waals surface area contributed by atoms with Crippen LogP contribution in [0.25, 0.3) is 5.69 Å².